The van der Waals surface area contributed by atoms with Crippen molar-refractivity contribution in [3.63, 3.8) is 0 Å². The Hall–Kier alpha value is -1.36. The van der Waals surface area contributed by atoms with Crippen LogP contribution in [0.4, 0.5) is 0 Å². The zero-order chi connectivity index (χ0) is 13.3. The molecule has 4 nitrogen and oxygen atoms in total. The van der Waals surface area contributed by atoms with E-state index in [-0.39, 0.29) is 11.3 Å². The summed E-state index contributed by atoms with van der Waals surface area (Å²) in [6, 6.07) is 6.30. The van der Waals surface area contributed by atoms with Gasteiger partial charge in [0.2, 0.25) is 0 Å². The maximum atomic E-state index is 11.3. The summed E-state index contributed by atoms with van der Waals surface area (Å²) < 4.78 is 22.6. The first-order valence-corrected chi connectivity index (χ1v) is 7.19. The summed E-state index contributed by atoms with van der Waals surface area (Å²) >= 11 is 0. The van der Waals surface area contributed by atoms with E-state index in [0.29, 0.717) is 0 Å². The van der Waals surface area contributed by atoms with Gasteiger partial charge in [0, 0.05) is 11.7 Å². The number of aromatic carboxylic acids is 1. The summed E-state index contributed by atoms with van der Waals surface area (Å²) in [5, 5.41) is 8.77. The summed E-state index contributed by atoms with van der Waals surface area (Å²) in [6.07, 6.45) is 1.19. The fourth-order valence-corrected chi connectivity index (χ4v) is 3.28. The van der Waals surface area contributed by atoms with Gasteiger partial charge in [-0.15, -0.1) is 0 Å². The molecule has 1 rings (SSSR count). The zero-order valence-electron chi connectivity index (χ0n) is 10.1. The van der Waals surface area contributed by atoms with Crippen LogP contribution in [0.2, 0.25) is 0 Å². The molecule has 0 atom stereocenters. The minimum Gasteiger partial charge on any atom is -0.478 e. The first-order chi connectivity index (χ1) is 7.62. The van der Waals surface area contributed by atoms with Gasteiger partial charge in [0.25, 0.3) is 0 Å². The Morgan fingerprint density at radius 2 is 1.71 bits per heavy atom. The Bertz CT molecular complexity index is 512. The van der Waals surface area contributed by atoms with Gasteiger partial charge in [-0.3, -0.25) is 0 Å². The van der Waals surface area contributed by atoms with Gasteiger partial charge in [-0.05, 0) is 17.7 Å². The van der Waals surface area contributed by atoms with Gasteiger partial charge in [-0.1, -0.05) is 26.0 Å². The van der Waals surface area contributed by atoms with Crippen LogP contribution in [-0.2, 0) is 15.3 Å². The van der Waals surface area contributed by atoms with Crippen LogP contribution in [0.15, 0.2) is 24.3 Å². The van der Waals surface area contributed by atoms with Gasteiger partial charge in [0.1, 0.15) is 9.84 Å². The standard InChI is InChI=1S/C12H16O4S/c1-12(2,8-17(3,15)16)10-6-4-9(5-7-10)11(13)14/h4-7H,8H2,1-3H3,(H,13,14). The smallest absolute Gasteiger partial charge is 0.335 e. The molecule has 0 bridgehead atoms. The van der Waals surface area contributed by atoms with Crippen molar-refractivity contribution in [1.29, 1.82) is 0 Å². The molecular formula is C12H16O4S. The van der Waals surface area contributed by atoms with E-state index in [1.165, 1.54) is 18.4 Å². The van der Waals surface area contributed by atoms with Crippen molar-refractivity contribution in [1.82, 2.24) is 0 Å². The lowest BCUT2D eigenvalue weighted by Gasteiger charge is -2.24. The first kappa shape index (κ1) is 13.7. The van der Waals surface area contributed by atoms with Crippen LogP contribution >= 0.6 is 0 Å². The molecule has 0 amide bonds. The maximum absolute atomic E-state index is 11.3. The van der Waals surface area contributed by atoms with Crippen molar-refractivity contribution in [3.8, 4) is 0 Å². The van der Waals surface area contributed by atoms with E-state index in [0.717, 1.165) is 5.56 Å². The predicted molar refractivity (Wildman–Crippen MR) is 66.1 cm³/mol. The van der Waals surface area contributed by atoms with Crippen LogP contribution in [-0.4, -0.2) is 31.5 Å². The molecule has 0 heterocycles. The van der Waals surface area contributed by atoms with Gasteiger partial charge in [0.05, 0.1) is 11.3 Å². The second-order valence-corrected chi connectivity index (χ2v) is 6.98. The molecule has 0 radical (unpaired) electrons. The van der Waals surface area contributed by atoms with E-state index in [2.05, 4.69) is 0 Å². The van der Waals surface area contributed by atoms with Crippen molar-refractivity contribution >= 4 is 15.8 Å². The monoisotopic (exact) mass is 256 g/mol. The Morgan fingerprint density at radius 1 is 1.24 bits per heavy atom. The molecule has 1 N–H and O–H groups in total. The quantitative estimate of drug-likeness (QED) is 0.890. The molecule has 94 valence electrons. The molecule has 0 aromatic heterocycles. The lowest BCUT2D eigenvalue weighted by atomic mass is 9.86. The number of sulfone groups is 1. The molecule has 0 fully saturated rings. The summed E-state index contributed by atoms with van der Waals surface area (Å²) in [6.45, 7) is 3.65. The third-order valence-corrected chi connectivity index (χ3v) is 3.78. The number of benzene rings is 1. The fraction of sp³-hybridized carbons (Fsp3) is 0.417. The van der Waals surface area contributed by atoms with E-state index in [1.54, 1.807) is 12.1 Å². The molecule has 0 aliphatic carbocycles. The second kappa shape index (κ2) is 4.49. The highest BCUT2D eigenvalue weighted by Crippen LogP contribution is 2.25. The molecule has 0 spiro atoms. The van der Waals surface area contributed by atoms with E-state index in [9.17, 15) is 13.2 Å². The van der Waals surface area contributed by atoms with Gasteiger partial charge < -0.3 is 5.11 Å². The van der Waals surface area contributed by atoms with Crippen LogP contribution in [0, 0.1) is 0 Å². The van der Waals surface area contributed by atoms with Crippen molar-refractivity contribution in [3.05, 3.63) is 35.4 Å². The number of hydrogen-bond acceptors (Lipinski definition) is 3. The van der Waals surface area contributed by atoms with Crippen molar-refractivity contribution in [2.75, 3.05) is 12.0 Å². The highest BCUT2D eigenvalue weighted by atomic mass is 32.2. The number of carboxylic acid groups (broad SMARTS) is 1. The molecular weight excluding hydrogens is 240 g/mol. The van der Waals surface area contributed by atoms with E-state index < -0.39 is 21.2 Å². The lowest BCUT2D eigenvalue weighted by molar-refractivity contribution is 0.0697. The molecule has 0 saturated carbocycles. The minimum atomic E-state index is -3.07. The third-order valence-electron chi connectivity index (χ3n) is 2.54. The minimum absolute atomic E-state index is 0.0341. The van der Waals surface area contributed by atoms with Crippen LogP contribution in [0.25, 0.3) is 0 Å². The van der Waals surface area contributed by atoms with Gasteiger partial charge in [0.15, 0.2) is 0 Å². The molecule has 0 saturated heterocycles. The number of carbonyl (C=O) groups is 1. The van der Waals surface area contributed by atoms with Gasteiger partial charge >= 0.3 is 5.97 Å². The Morgan fingerprint density at radius 3 is 2.06 bits per heavy atom. The van der Waals surface area contributed by atoms with E-state index >= 15 is 0 Å². The second-order valence-electron chi connectivity index (χ2n) is 4.84. The fourth-order valence-electron chi connectivity index (χ4n) is 1.80. The summed E-state index contributed by atoms with van der Waals surface area (Å²) in [5.74, 6) is -0.954. The molecule has 1 aromatic rings. The van der Waals surface area contributed by atoms with E-state index in [1.807, 2.05) is 13.8 Å². The molecule has 0 unspecified atom stereocenters. The third kappa shape index (κ3) is 3.85. The first-order valence-electron chi connectivity index (χ1n) is 5.13. The average Bonchev–Trinajstić information content (AvgIpc) is 2.14. The topological polar surface area (TPSA) is 71.4 Å². The van der Waals surface area contributed by atoms with Crippen LogP contribution in [0.3, 0.4) is 0 Å². The Kier molecular flexibility index (Phi) is 3.62. The van der Waals surface area contributed by atoms with Gasteiger partial charge in [-0.25, -0.2) is 13.2 Å². The van der Waals surface area contributed by atoms with Crippen molar-refractivity contribution in [2.24, 2.45) is 0 Å². The van der Waals surface area contributed by atoms with Crippen LogP contribution in [0.5, 0.6) is 0 Å². The molecule has 0 aliphatic rings. The molecule has 1 aromatic carbocycles. The molecule has 17 heavy (non-hydrogen) atoms. The number of hydrogen-bond donors (Lipinski definition) is 1. The Balaban J connectivity index is 3.04. The highest BCUT2D eigenvalue weighted by molar-refractivity contribution is 7.90. The maximum Gasteiger partial charge on any atom is 0.335 e. The van der Waals surface area contributed by atoms with E-state index in [4.69, 9.17) is 5.11 Å². The number of carboxylic acids is 1. The van der Waals surface area contributed by atoms with Crippen molar-refractivity contribution < 1.29 is 18.3 Å². The summed E-state index contributed by atoms with van der Waals surface area (Å²) in [7, 11) is -3.07. The number of rotatable bonds is 4. The van der Waals surface area contributed by atoms with Crippen molar-refractivity contribution in [2.45, 2.75) is 19.3 Å². The lowest BCUT2D eigenvalue weighted by Crippen LogP contribution is -2.27. The average molecular weight is 256 g/mol. The molecule has 5 heteroatoms. The van der Waals surface area contributed by atoms with Crippen LogP contribution in [0.1, 0.15) is 29.8 Å². The predicted octanol–water partition coefficient (Wildman–Crippen LogP) is 1.71. The normalized spacial score (nSPS) is 12.4. The van der Waals surface area contributed by atoms with Gasteiger partial charge in [-0.2, -0.15) is 0 Å². The zero-order valence-corrected chi connectivity index (χ0v) is 10.9. The summed E-state index contributed by atoms with van der Waals surface area (Å²) in [4.78, 5) is 10.7. The summed E-state index contributed by atoms with van der Waals surface area (Å²) in [5.41, 5.74) is 0.488. The largest absolute Gasteiger partial charge is 0.478 e. The highest BCUT2D eigenvalue weighted by Gasteiger charge is 2.25. The van der Waals surface area contributed by atoms with Crippen LogP contribution < -0.4 is 0 Å². The molecule has 0 aliphatic heterocycles. The Labute approximate surface area is 101 Å². The SMILES string of the molecule is CC(C)(CS(C)(=O)=O)c1ccc(C(=O)O)cc1.